The Hall–Kier alpha value is -3.99. The fourth-order valence-electron chi connectivity index (χ4n) is 3.74. The van der Waals surface area contributed by atoms with E-state index in [1.54, 1.807) is 6.92 Å². The number of hydrogen-bond acceptors (Lipinski definition) is 2. The van der Waals surface area contributed by atoms with Gasteiger partial charge in [0.2, 0.25) is 0 Å². The van der Waals surface area contributed by atoms with Crippen molar-refractivity contribution in [2.45, 2.75) is 20.0 Å². The van der Waals surface area contributed by atoms with Gasteiger partial charge >= 0.3 is 6.18 Å². The van der Waals surface area contributed by atoms with Crippen LogP contribution in [0.4, 0.5) is 13.2 Å². The number of nitrogens with zero attached hydrogens (tertiary/aromatic N) is 1. The normalized spacial score (nSPS) is 12.1. The number of allylic oxidation sites excluding steroid dienone is 1. The van der Waals surface area contributed by atoms with Crippen LogP contribution in [0, 0.1) is 13.8 Å². The van der Waals surface area contributed by atoms with E-state index in [-0.39, 0.29) is 5.78 Å². The lowest BCUT2D eigenvalue weighted by Crippen LogP contribution is -2.05. The van der Waals surface area contributed by atoms with Gasteiger partial charge in [-0.2, -0.15) is 13.2 Å². The number of aromatic nitrogens is 1. The predicted molar refractivity (Wildman–Crippen MR) is 131 cm³/mol. The summed E-state index contributed by atoms with van der Waals surface area (Å²) < 4.78 is 38.4. The Balaban J connectivity index is 1.73. The van der Waals surface area contributed by atoms with Crippen molar-refractivity contribution in [3.8, 4) is 0 Å². The molecule has 0 fully saturated rings. The molecule has 3 aromatic carbocycles. The van der Waals surface area contributed by atoms with Crippen molar-refractivity contribution in [3.05, 3.63) is 118 Å². The zero-order valence-electron chi connectivity index (χ0n) is 18.7. The van der Waals surface area contributed by atoms with Crippen LogP contribution in [0.5, 0.6) is 0 Å². The molecule has 0 bridgehead atoms. The van der Waals surface area contributed by atoms with E-state index >= 15 is 0 Å². The number of aryl methyl sites for hydroxylation is 2. The highest BCUT2D eigenvalue weighted by Crippen LogP contribution is 2.30. The first-order valence-corrected chi connectivity index (χ1v) is 10.8. The number of pyridine rings is 1. The van der Waals surface area contributed by atoms with Crippen molar-refractivity contribution >= 4 is 34.9 Å². The molecule has 4 rings (SSSR count). The molecule has 1 heterocycles. The SMILES string of the molecule is Cc1ccc(/C=C/c2c(C(=O)/C=C/c3ccc(C(F)(F)F)cc3)c(C)nc3ccccc23)cc1. The quantitative estimate of drug-likeness (QED) is 0.225. The molecular formula is C29H22F3NO. The van der Waals surface area contributed by atoms with Gasteiger partial charge in [-0.1, -0.05) is 78.4 Å². The first-order chi connectivity index (χ1) is 16.2. The van der Waals surface area contributed by atoms with Crippen LogP contribution in [0.2, 0.25) is 0 Å². The zero-order chi connectivity index (χ0) is 24.3. The molecule has 0 saturated heterocycles. The van der Waals surface area contributed by atoms with E-state index in [1.807, 2.05) is 67.6 Å². The second-order valence-corrected chi connectivity index (χ2v) is 8.06. The van der Waals surface area contributed by atoms with E-state index in [1.165, 1.54) is 24.3 Å². The van der Waals surface area contributed by atoms with Gasteiger partial charge in [-0.3, -0.25) is 9.78 Å². The second kappa shape index (κ2) is 9.48. The number of fused-ring (bicyclic) bond motifs is 1. The van der Waals surface area contributed by atoms with Crippen molar-refractivity contribution in [1.29, 1.82) is 0 Å². The number of hydrogen-bond donors (Lipinski definition) is 0. The molecular weight excluding hydrogens is 435 g/mol. The Morgan fingerprint density at radius 2 is 1.41 bits per heavy atom. The fraction of sp³-hybridized carbons (Fsp3) is 0.103. The van der Waals surface area contributed by atoms with Gasteiger partial charge in [-0.15, -0.1) is 0 Å². The smallest absolute Gasteiger partial charge is 0.289 e. The fourth-order valence-corrected chi connectivity index (χ4v) is 3.74. The number of halogens is 3. The molecule has 0 atom stereocenters. The third-order valence-electron chi connectivity index (χ3n) is 5.54. The second-order valence-electron chi connectivity index (χ2n) is 8.06. The highest BCUT2D eigenvalue weighted by molar-refractivity contribution is 6.13. The maximum absolute atomic E-state index is 13.2. The number of alkyl halides is 3. The van der Waals surface area contributed by atoms with Gasteiger partial charge in [0, 0.05) is 11.1 Å². The predicted octanol–water partition coefficient (Wildman–Crippen LogP) is 7.94. The van der Waals surface area contributed by atoms with Crippen molar-refractivity contribution < 1.29 is 18.0 Å². The standard InChI is InChI=1S/C29H22F3NO/c1-19-7-9-21(10-8-19)13-17-25-24-5-3-4-6-26(24)33-20(2)28(25)27(34)18-14-22-11-15-23(16-12-22)29(30,31)32/h3-18H,1-2H3/b17-13+,18-14+. The molecule has 0 N–H and O–H groups in total. The van der Waals surface area contributed by atoms with E-state index in [0.717, 1.165) is 39.7 Å². The van der Waals surface area contributed by atoms with E-state index in [0.29, 0.717) is 16.8 Å². The Bertz CT molecular complexity index is 1400. The van der Waals surface area contributed by atoms with E-state index in [4.69, 9.17) is 0 Å². The molecule has 0 unspecified atom stereocenters. The lowest BCUT2D eigenvalue weighted by atomic mass is 9.96. The van der Waals surface area contributed by atoms with Gasteiger partial charge in [0.25, 0.3) is 0 Å². The Morgan fingerprint density at radius 1 is 0.794 bits per heavy atom. The molecule has 34 heavy (non-hydrogen) atoms. The minimum atomic E-state index is -4.40. The topological polar surface area (TPSA) is 30.0 Å². The lowest BCUT2D eigenvalue weighted by Gasteiger charge is -2.11. The number of carbonyl (C=O) groups is 1. The van der Waals surface area contributed by atoms with E-state index in [2.05, 4.69) is 4.98 Å². The molecule has 0 aliphatic rings. The Labute approximate surface area is 196 Å². The Morgan fingerprint density at radius 3 is 2.09 bits per heavy atom. The minimum absolute atomic E-state index is 0.265. The summed E-state index contributed by atoms with van der Waals surface area (Å²) in [5, 5.41) is 0.850. The monoisotopic (exact) mass is 457 g/mol. The maximum Gasteiger partial charge on any atom is 0.416 e. The summed E-state index contributed by atoms with van der Waals surface area (Å²) in [6.45, 7) is 3.81. The summed E-state index contributed by atoms with van der Waals surface area (Å²) in [4.78, 5) is 17.8. The average Bonchev–Trinajstić information content (AvgIpc) is 2.81. The molecule has 2 nitrogen and oxygen atoms in total. The number of benzene rings is 3. The van der Waals surface area contributed by atoms with Gasteiger partial charge in [-0.05, 0) is 54.8 Å². The van der Waals surface area contributed by atoms with E-state index in [9.17, 15) is 18.0 Å². The molecule has 4 aromatic rings. The van der Waals surface area contributed by atoms with Gasteiger partial charge in [0.05, 0.1) is 16.6 Å². The van der Waals surface area contributed by atoms with E-state index < -0.39 is 11.7 Å². The maximum atomic E-state index is 13.2. The number of rotatable bonds is 5. The number of para-hydroxylation sites is 1. The summed E-state index contributed by atoms with van der Waals surface area (Å²) in [5.41, 5.74) is 4.53. The third-order valence-corrected chi connectivity index (χ3v) is 5.54. The van der Waals surface area contributed by atoms with Crippen molar-refractivity contribution in [2.75, 3.05) is 0 Å². The van der Waals surface area contributed by atoms with Crippen LogP contribution in [0.3, 0.4) is 0 Å². The van der Waals surface area contributed by atoms with Crippen LogP contribution in [0.1, 0.15) is 43.9 Å². The summed E-state index contributed by atoms with van der Waals surface area (Å²) in [6.07, 6.45) is 2.37. The van der Waals surface area contributed by atoms with Gasteiger partial charge in [-0.25, -0.2) is 0 Å². The van der Waals surface area contributed by atoms with Gasteiger partial charge in [0.15, 0.2) is 5.78 Å². The van der Waals surface area contributed by atoms with Gasteiger partial charge in [0.1, 0.15) is 0 Å². The molecule has 0 aliphatic heterocycles. The highest BCUT2D eigenvalue weighted by atomic mass is 19.4. The van der Waals surface area contributed by atoms with Crippen LogP contribution >= 0.6 is 0 Å². The summed E-state index contributed by atoms with van der Waals surface area (Å²) in [5.74, 6) is -0.265. The number of carbonyl (C=O) groups excluding carboxylic acids is 1. The van der Waals surface area contributed by atoms with Crippen LogP contribution in [-0.4, -0.2) is 10.8 Å². The Kier molecular flexibility index (Phi) is 6.46. The molecule has 1 aromatic heterocycles. The van der Waals surface area contributed by atoms with Crippen LogP contribution in [-0.2, 0) is 6.18 Å². The zero-order valence-corrected chi connectivity index (χ0v) is 18.7. The third kappa shape index (κ3) is 5.15. The molecule has 5 heteroatoms. The van der Waals surface area contributed by atoms with Gasteiger partial charge < -0.3 is 0 Å². The van der Waals surface area contributed by atoms with Crippen LogP contribution in [0.25, 0.3) is 29.1 Å². The molecule has 0 amide bonds. The van der Waals surface area contributed by atoms with Crippen molar-refractivity contribution in [1.82, 2.24) is 4.98 Å². The summed E-state index contributed by atoms with van der Waals surface area (Å²) in [7, 11) is 0. The first-order valence-electron chi connectivity index (χ1n) is 10.8. The number of ketones is 1. The average molecular weight is 457 g/mol. The molecule has 0 aliphatic carbocycles. The molecule has 170 valence electrons. The lowest BCUT2D eigenvalue weighted by molar-refractivity contribution is -0.137. The summed E-state index contributed by atoms with van der Waals surface area (Å²) >= 11 is 0. The molecule has 0 saturated carbocycles. The van der Waals surface area contributed by atoms with Crippen LogP contribution in [0.15, 0.2) is 78.9 Å². The van der Waals surface area contributed by atoms with Crippen molar-refractivity contribution in [2.24, 2.45) is 0 Å². The first kappa shape index (κ1) is 23.2. The van der Waals surface area contributed by atoms with Crippen LogP contribution < -0.4 is 0 Å². The summed E-state index contributed by atoms with van der Waals surface area (Å²) in [6, 6.07) is 20.4. The van der Waals surface area contributed by atoms with Crippen molar-refractivity contribution in [3.63, 3.8) is 0 Å². The minimum Gasteiger partial charge on any atom is -0.289 e. The molecule has 0 spiro atoms. The molecule has 0 radical (unpaired) electrons. The highest BCUT2D eigenvalue weighted by Gasteiger charge is 2.29. The largest absolute Gasteiger partial charge is 0.416 e.